The molecule has 1 amide bonds. The minimum absolute atomic E-state index is 0.249. The van der Waals surface area contributed by atoms with Crippen LogP contribution in [0.1, 0.15) is 10.4 Å². The number of ether oxygens (including phenoxy) is 2. The van der Waals surface area contributed by atoms with Crippen LogP contribution in [0.25, 0.3) is 0 Å². The topological polar surface area (TPSA) is 87.6 Å². The largest absolute Gasteiger partial charge is 0.496 e. The van der Waals surface area contributed by atoms with Crippen molar-refractivity contribution in [1.29, 1.82) is 0 Å². The lowest BCUT2D eigenvalue weighted by Crippen LogP contribution is -2.13. The van der Waals surface area contributed by atoms with Gasteiger partial charge in [0.05, 0.1) is 25.5 Å². The lowest BCUT2D eigenvalue weighted by Gasteiger charge is -2.10. The summed E-state index contributed by atoms with van der Waals surface area (Å²) < 4.78 is 9.90. The van der Waals surface area contributed by atoms with Gasteiger partial charge >= 0.3 is 0 Å². The van der Waals surface area contributed by atoms with Crippen molar-refractivity contribution < 1.29 is 14.3 Å². The Bertz CT molecular complexity index is 363. The summed E-state index contributed by atoms with van der Waals surface area (Å²) in [6, 6.07) is 2.95. The number of anilines is 1. The third-order valence-electron chi connectivity index (χ3n) is 1.82. The van der Waals surface area contributed by atoms with Gasteiger partial charge in [-0.1, -0.05) is 0 Å². The molecular weight excluding hydrogens is 184 g/mol. The normalized spacial score (nSPS) is 9.57. The quantitative estimate of drug-likeness (QED) is 0.684. The molecule has 0 spiro atoms. The first-order chi connectivity index (χ1) is 6.60. The minimum Gasteiger partial charge on any atom is -0.496 e. The molecule has 14 heavy (non-hydrogen) atoms. The fourth-order valence-corrected chi connectivity index (χ4v) is 1.11. The summed E-state index contributed by atoms with van der Waals surface area (Å²) in [6.45, 7) is 0. The van der Waals surface area contributed by atoms with E-state index in [1.165, 1.54) is 26.4 Å². The van der Waals surface area contributed by atoms with Crippen molar-refractivity contribution in [3.8, 4) is 11.5 Å². The van der Waals surface area contributed by atoms with Crippen LogP contribution in [0.2, 0.25) is 0 Å². The van der Waals surface area contributed by atoms with Gasteiger partial charge in [0.25, 0.3) is 5.91 Å². The van der Waals surface area contributed by atoms with Gasteiger partial charge in [-0.3, -0.25) is 4.79 Å². The molecule has 4 N–H and O–H groups in total. The zero-order valence-electron chi connectivity index (χ0n) is 8.03. The van der Waals surface area contributed by atoms with Gasteiger partial charge in [0, 0.05) is 6.07 Å². The van der Waals surface area contributed by atoms with Crippen LogP contribution in [0.4, 0.5) is 5.69 Å². The zero-order chi connectivity index (χ0) is 10.7. The molecule has 0 fully saturated rings. The Hall–Kier alpha value is -1.91. The van der Waals surface area contributed by atoms with Crippen LogP contribution >= 0.6 is 0 Å². The number of carbonyl (C=O) groups is 1. The molecule has 0 aliphatic carbocycles. The molecule has 0 aliphatic rings. The van der Waals surface area contributed by atoms with E-state index >= 15 is 0 Å². The van der Waals surface area contributed by atoms with Crippen molar-refractivity contribution in [3.05, 3.63) is 17.7 Å². The van der Waals surface area contributed by atoms with Crippen LogP contribution in [0.3, 0.4) is 0 Å². The van der Waals surface area contributed by atoms with Gasteiger partial charge < -0.3 is 20.9 Å². The van der Waals surface area contributed by atoms with Gasteiger partial charge in [0.2, 0.25) is 0 Å². The molecule has 0 unspecified atom stereocenters. The Morgan fingerprint density at radius 2 is 1.79 bits per heavy atom. The third-order valence-corrected chi connectivity index (χ3v) is 1.82. The van der Waals surface area contributed by atoms with E-state index < -0.39 is 5.91 Å². The second-order valence-corrected chi connectivity index (χ2v) is 2.66. The van der Waals surface area contributed by atoms with Crippen LogP contribution in [0.5, 0.6) is 11.5 Å². The molecule has 0 saturated heterocycles. The molecule has 0 aromatic heterocycles. The number of hydrogen-bond acceptors (Lipinski definition) is 4. The smallest absolute Gasteiger partial charge is 0.252 e. The maximum Gasteiger partial charge on any atom is 0.252 e. The Kier molecular flexibility index (Phi) is 2.81. The summed E-state index contributed by atoms with van der Waals surface area (Å²) in [4.78, 5) is 11.0. The third kappa shape index (κ3) is 1.71. The first-order valence-corrected chi connectivity index (χ1v) is 3.91. The number of nitrogens with two attached hydrogens (primary N) is 2. The fourth-order valence-electron chi connectivity index (χ4n) is 1.11. The molecule has 76 valence electrons. The van der Waals surface area contributed by atoms with Gasteiger partial charge in [0.1, 0.15) is 11.5 Å². The number of nitrogen functional groups attached to an aromatic ring is 1. The Labute approximate surface area is 81.6 Å². The highest BCUT2D eigenvalue weighted by Gasteiger charge is 2.12. The SMILES string of the molecule is COc1cc(C(N)=O)c(OC)cc1N. The van der Waals surface area contributed by atoms with Gasteiger partial charge in [0.15, 0.2) is 0 Å². The van der Waals surface area contributed by atoms with Crippen LogP contribution in [-0.4, -0.2) is 20.1 Å². The predicted octanol–water partition coefficient (Wildman–Crippen LogP) is 0.385. The number of carbonyl (C=O) groups excluding carboxylic acids is 1. The van der Waals surface area contributed by atoms with E-state index in [1.54, 1.807) is 0 Å². The second kappa shape index (κ2) is 3.87. The molecule has 1 aromatic rings. The molecule has 0 radical (unpaired) electrons. The highest BCUT2D eigenvalue weighted by Crippen LogP contribution is 2.30. The molecule has 1 rings (SSSR count). The molecule has 0 aliphatic heterocycles. The molecular formula is C9H12N2O3. The molecule has 5 nitrogen and oxygen atoms in total. The van der Waals surface area contributed by atoms with E-state index in [0.717, 1.165) is 0 Å². The summed E-state index contributed by atoms with van der Waals surface area (Å²) in [6.07, 6.45) is 0. The highest BCUT2D eigenvalue weighted by molar-refractivity contribution is 5.97. The number of methoxy groups -OCH3 is 2. The van der Waals surface area contributed by atoms with E-state index in [1.807, 2.05) is 0 Å². The Balaban J connectivity index is 3.32. The van der Waals surface area contributed by atoms with E-state index in [2.05, 4.69) is 0 Å². The highest BCUT2D eigenvalue weighted by atomic mass is 16.5. The van der Waals surface area contributed by atoms with Crippen LogP contribution < -0.4 is 20.9 Å². The lowest BCUT2D eigenvalue weighted by atomic mass is 10.1. The zero-order valence-corrected chi connectivity index (χ0v) is 8.03. The van der Waals surface area contributed by atoms with Crippen LogP contribution in [-0.2, 0) is 0 Å². The minimum atomic E-state index is -0.583. The summed E-state index contributed by atoms with van der Waals surface area (Å²) in [5.74, 6) is 0.163. The van der Waals surface area contributed by atoms with Crippen LogP contribution in [0, 0.1) is 0 Å². The number of benzene rings is 1. The van der Waals surface area contributed by atoms with Crippen molar-refractivity contribution in [2.75, 3.05) is 20.0 Å². The molecule has 1 aromatic carbocycles. The van der Waals surface area contributed by atoms with Crippen molar-refractivity contribution in [2.24, 2.45) is 5.73 Å². The maximum atomic E-state index is 11.0. The monoisotopic (exact) mass is 196 g/mol. The Morgan fingerprint density at radius 3 is 2.21 bits per heavy atom. The van der Waals surface area contributed by atoms with Gasteiger partial charge in [-0.25, -0.2) is 0 Å². The van der Waals surface area contributed by atoms with Crippen molar-refractivity contribution in [2.45, 2.75) is 0 Å². The standard InChI is InChI=1S/C9H12N2O3/c1-13-7-4-6(10)8(14-2)3-5(7)9(11)12/h3-4H,10H2,1-2H3,(H2,11,12). The molecule has 0 bridgehead atoms. The molecule has 0 saturated carbocycles. The van der Waals surface area contributed by atoms with Crippen molar-refractivity contribution >= 4 is 11.6 Å². The fraction of sp³-hybridized carbons (Fsp3) is 0.222. The van der Waals surface area contributed by atoms with Gasteiger partial charge in [-0.15, -0.1) is 0 Å². The maximum absolute atomic E-state index is 11.0. The van der Waals surface area contributed by atoms with Crippen molar-refractivity contribution in [1.82, 2.24) is 0 Å². The molecule has 0 atom stereocenters. The number of amides is 1. The first-order valence-electron chi connectivity index (χ1n) is 3.91. The number of primary amides is 1. The van der Waals surface area contributed by atoms with Crippen LogP contribution in [0.15, 0.2) is 12.1 Å². The number of hydrogen-bond donors (Lipinski definition) is 2. The van der Waals surface area contributed by atoms with Gasteiger partial charge in [-0.2, -0.15) is 0 Å². The van der Waals surface area contributed by atoms with Crippen molar-refractivity contribution in [3.63, 3.8) is 0 Å². The predicted molar refractivity (Wildman–Crippen MR) is 52.5 cm³/mol. The Morgan fingerprint density at radius 1 is 1.21 bits per heavy atom. The summed E-state index contributed by atoms with van der Waals surface area (Å²) in [7, 11) is 2.90. The summed E-state index contributed by atoms with van der Waals surface area (Å²) in [5.41, 5.74) is 11.4. The summed E-state index contributed by atoms with van der Waals surface area (Å²) >= 11 is 0. The molecule has 5 heteroatoms. The average Bonchev–Trinajstić information content (AvgIpc) is 2.16. The van der Waals surface area contributed by atoms with E-state index in [-0.39, 0.29) is 5.56 Å². The van der Waals surface area contributed by atoms with Gasteiger partial charge in [-0.05, 0) is 6.07 Å². The van der Waals surface area contributed by atoms with E-state index in [9.17, 15) is 4.79 Å². The average molecular weight is 196 g/mol. The van der Waals surface area contributed by atoms with E-state index in [0.29, 0.717) is 17.2 Å². The number of rotatable bonds is 3. The molecule has 0 heterocycles. The summed E-state index contributed by atoms with van der Waals surface area (Å²) in [5, 5.41) is 0. The van der Waals surface area contributed by atoms with E-state index in [4.69, 9.17) is 20.9 Å². The second-order valence-electron chi connectivity index (χ2n) is 2.66. The first kappa shape index (κ1) is 10.2. The lowest BCUT2D eigenvalue weighted by molar-refractivity contribution is 0.0997.